The minimum absolute atomic E-state index is 0.00718. The first-order chi connectivity index (χ1) is 11.3. The number of aliphatic imine (C=N–C) groups is 1. The van der Waals surface area contributed by atoms with Crippen LogP contribution in [0.1, 0.15) is 37.5 Å². The molecule has 0 bridgehead atoms. The fourth-order valence-corrected chi connectivity index (χ4v) is 3.13. The Labute approximate surface area is 143 Å². The fraction of sp³-hybridized carbons (Fsp3) is 0.286. The van der Waals surface area contributed by atoms with Crippen molar-refractivity contribution in [2.24, 2.45) is 4.99 Å². The van der Waals surface area contributed by atoms with E-state index in [1.807, 2.05) is 6.21 Å². The Morgan fingerprint density at radius 1 is 1.08 bits per heavy atom. The van der Waals surface area contributed by atoms with Gasteiger partial charge in [-0.3, -0.25) is 4.99 Å². The van der Waals surface area contributed by atoms with Gasteiger partial charge in [-0.2, -0.15) is 0 Å². The second-order valence-electron chi connectivity index (χ2n) is 7.00. The van der Waals surface area contributed by atoms with Gasteiger partial charge in [-0.15, -0.1) is 0 Å². The predicted octanol–water partition coefficient (Wildman–Crippen LogP) is 5.52. The number of likely N-dealkylation sites (N-methyl/N-ethyl adjacent to an activating group) is 1. The normalized spacial score (nSPS) is 16.2. The van der Waals surface area contributed by atoms with Gasteiger partial charge in [-0.25, -0.2) is 4.39 Å². The molecule has 0 amide bonds. The lowest BCUT2D eigenvalue weighted by Gasteiger charge is -2.41. The van der Waals surface area contributed by atoms with Crippen molar-refractivity contribution in [3.63, 3.8) is 0 Å². The summed E-state index contributed by atoms with van der Waals surface area (Å²) in [5, 5.41) is 0. The highest BCUT2D eigenvalue weighted by Crippen LogP contribution is 2.39. The third-order valence-electron chi connectivity index (χ3n) is 4.78. The molecule has 124 valence electrons. The van der Waals surface area contributed by atoms with Gasteiger partial charge in [0.05, 0.1) is 11.2 Å². The van der Waals surface area contributed by atoms with Crippen LogP contribution in [0.5, 0.6) is 0 Å². The van der Waals surface area contributed by atoms with Gasteiger partial charge in [0.2, 0.25) is 0 Å². The lowest BCUT2D eigenvalue weighted by Crippen LogP contribution is -2.42. The first kappa shape index (κ1) is 16.4. The highest BCUT2D eigenvalue weighted by molar-refractivity contribution is 5.90. The van der Waals surface area contributed by atoms with Crippen LogP contribution < -0.4 is 4.90 Å². The molecule has 2 aromatic carbocycles. The summed E-state index contributed by atoms with van der Waals surface area (Å²) >= 11 is 0. The Balaban J connectivity index is 2.00. The molecule has 2 aromatic rings. The zero-order chi connectivity index (χ0) is 17.5. The third-order valence-corrected chi connectivity index (χ3v) is 4.78. The van der Waals surface area contributed by atoms with E-state index in [1.54, 1.807) is 12.1 Å². The van der Waals surface area contributed by atoms with E-state index in [4.69, 9.17) is 0 Å². The monoisotopic (exact) mass is 322 g/mol. The topological polar surface area (TPSA) is 15.6 Å². The molecule has 0 radical (unpaired) electrons. The molecule has 1 heterocycles. The quantitative estimate of drug-likeness (QED) is 0.665. The molecule has 3 rings (SSSR count). The van der Waals surface area contributed by atoms with E-state index in [0.717, 1.165) is 11.3 Å². The Bertz CT molecular complexity index is 830. The summed E-state index contributed by atoms with van der Waals surface area (Å²) in [7, 11) is 2.13. The minimum Gasteiger partial charge on any atom is -0.365 e. The zero-order valence-electron chi connectivity index (χ0n) is 14.9. The Morgan fingerprint density at radius 2 is 1.75 bits per heavy atom. The van der Waals surface area contributed by atoms with Crippen molar-refractivity contribution in [1.82, 2.24) is 0 Å². The Hall–Kier alpha value is -2.42. The van der Waals surface area contributed by atoms with E-state index in [2.05, 4.69) is 62.8 Å². The highest BCUT2D eigenvalue weighted by atomic mass is 19.1. The lowest BCUT2D eigenvalue weighted by atomic mass is 9.87. The molecule has 0 spiro atoms. The van der Waals surface area contributed by atoms with Crippen LogP contribution in [0.2, 0.25) is 0 Å². The number of hydrogen-bond acceptors (Lipinski definition) is 2. The number of halogens is 1. The summed E-state index contributed by atoms with van der Waals surface area (Å²) in [5.74, 6) is -0.245. The molecule has 1 aliphatic rings. The van der Waals surface area contributed by atoms with E-state index in [1.165, 1.54) is 34.5 Å². The Kier molecular flexibility index (Phi) is 4.04. The molecule has 0 N–H and O–H groups in total. The summed E-state index contributed by atoms with van der Waals surface area (Å²) < 4.78 is 13.0. The van der Waals surface area contributed by atoms with Crippen LogP contribution in [-0.4, -0.2) is 18.8 Å². The maximum Gasteiger partial charge on any atom is 0.123 e. The van der Waals surface area contributed by atoms with E-state index >= 15 is 0 Å². The molecule has 0 fully saturated rings. The molecule has 24 heavy (non-hydrogen) atoms. The summed E-state index contributed by atoms with van der Waals surface area (Å²) in [6.07, 6.45) is 4.15. The summed E-state index contributed by atoms with van der Waals surface area (Å²) in [6, 6.07) is 10.6. The van der Waals surface area contributed by atoms with Crippen molar-refractivity contribution in [2.75, 3.05) is 11.9 Å². The fourth-order valence-electron chi connectivity index (χ4n) is 3.13. The van der Waals surface area contributed by atoms with Crippen LogP contribution in [0.15, 0.2) is 47.5 Å². The van der Waals surface area contributed by atoms with Gasteiger partial charge in [0.15, 0.2) is 0 Å². The standard InChI is InChI=1S/C21H23FN2/c1-14-10-20-19(15(2)12-21(3,4)24(20)5)11-16(14)13-23-18-8-6-17(22)7-9-18/h6-13H,1-5H3. The molecule has 0 aliphatic carbocycles. The molecular formula is C21H23FN2. The summed E-state index contributed by atoms with van der Waals surface area (Å²) in [5.41, 5.74) is 6.78. The van der Waals surface area contributed by atoms with Gasteiger partial charge in [0.1, 0.15) is 5.82 Å². The number of benzene rings is 2. The minimum atomic E-state index is -0.245. The molecule has 3 heteroatoms. The van der Waals surface area contributed by atoms with Crippen molar-refractivity contribution in [3.05, 3.63) is 65.0 Å². The molecule has 0 atom stereocenters. The van der Waals surface area contributed by atoms with Gasteiger partial charge in [0.25, 0.3) is 0 Å². The molecule has 2 nitrogen and oxygen atoms in total. The van der Waals surface area contributed by atoms with E-state index in [9.17, 15) is 4.39 Å². The average Bonchev–Trinajstić information content (AvgIpc) is 2.52. The lowest BCUT2D eigenvalue weighted by molar-refractivity contribution is 0.597. The van der Waals surface area contributed by atoms with Crippen molar-refractivity contribution >= 4 is 23.2 Å². The van der Waals surface area contributed by atoms with Gasteiger partial charge >= 0.3 is 0 Å². The van der Waals surface area contributed by atoms with Crippen LogP contribution in [0, 0.1) is 12.7 Å². The van der Waals surface area contributed by atoms with E-state index in [-0.39, 0.29) is 11.4 Å². The second-order valence-corrected chi connectivity index (χ2v) is 7.00. The molecular weight excluding hydrogens is 299 g/mol. The molecule has 0 saturated carbocycles. The molecule has 0 aromatic heterocycles. The van der Waals surface area contributed by atoms with Gasteiger partial charge in [0, 0.05) is 24.5 Å². The van der Waals surface area contributed by atoms with Gasteiger partial charge < -0.3 is 4.90 Å². The predicted molar refractivity (Wildman–Crippen MR) is 101 cm³/mol. The number of rotatable bonds is 2. The van der Waals surface area contributed by atoms with Crippen molar-refractivity contribution in [2.45, 2.75) is 33.2 Å². The van der Waals surface area contributed by atoms with E-state index < -0.39 is 0 Å². The number of aryl methyl sites for hydroxylation is 1. The Morgan fingerprint density at radius 3 is 2.42 bits per heavy atom. The van der Waals surface area contributed by atoms with Crippen LogP contribution >= 0.6 is 0 Å². The van der Waals surface area contributed by atoms with Crippen LogP contribution in [0.25, 0.3) is 5.57 Å². The molecule has 1 aliphatic heterocycles. The number of nitrogens with zero attached hydrogens (tertiary/aromatic N) is 2. The van der Waals surface area contributed by atoms with E-state index in [0.29, 0.717) is 0 Å². The van der Waals surface area contributed by atoms with Gasteiger partial charge in [-0.05, 0) is 80.8 Å². The largest absolute Gasteiger partial charge is 0.365 e. The molecule has 0 saturated heterocycles. The van der Waals surface area contributed by atoms with Gasteiger partial charge in [-0.1, -0.05) is 6.08 Å². The number of fused-ring (bicyclic) bond motifs is 1. The summed E-state index contributed by atoms with van der Waals surface area (Å²) in [4.78, 5) is 6.78. The number of allylic oxidation sites excluding steroid dienone is 1. The van der Waals surface area contributed by atoms with Crippen LogP contribution in [0.4, 0.5) is 15.8 Å². The average molecular weight is 322 g/mol. The van der Waals surface area contributed by atoms with Crippen molar-refractivity contribution in [3.8, 4) is 0 Å². The maximum atomic E-state index is 13.0. The first-order valence-corrected chi connectivity index (χ1v) is 8.16. The summed E-state index contributed by atoms with van der Waals surface area (Å²) in [6.45, 7) is 8.70. The highest BCUT2D eigenvalue weighted by Gasteiger charge is 2.28. The first-order valence-electron chi connectivity index (χ1n) is 8.16. The zero-order valence-corrected chi connectivity index (χ0v) is 14.9. The maximum absolute atomic E-state index is 13.0. The van der Waals surface area contributed by atoms with Crippen LogP contribution in [0.3, 0.4) is 0 Å². The van der Waals surface area contributed by atoms with Crippen LogP contribution in [-0.2, 0) is 0 Å². The van der Waals surface area contributed by atoms with Crippen molar-refractivity contribution < 1.29 is 4.39 Å². The number of anilines is 1. The SMILES string of the molecule is CC1=CC(C)(C)N(C)c2cc(C)c(C=Nc3ccc(F)cc3)cc21. The second kappa shape index (κ2) is 5.90. The molecule has 0 unspecified atom stereocenters. The smallest absolute Gasteiger partial charge is 0.123 e. The third kappa shape index (κ3) is 2.99. The number of hydrogen-bond donors (Lipinski definition) is 0. The van der Waals surface area contributed by atoms with Crippen molar-refractivity contribution in [1.29, 1.82) is 0 Å².